The summed E-state index contributed by atoms with van der Waals surface area (Å²) in [5.74, 6) is 0. The van der Waals surface area contributed by atoms with Crippen molar-refractivity contribution in [3.05, 3.63) is 63.3 Å². The molecule has 1 aromatic heterocycles. The molecule has 0 saturated heterocycles. The van der Waals surface area contributed by atoms with Crippen LogP contribution in [0.5, 0.6) is 0 Å². The Hall–Kier alpha value is -0.900. The Labute approximate surface area is 114 Å². The Kier molecular flexibility index (Phi) is 4.15. The molecule has 1 unspecified atom stereocenters. The van der Waals surface area contributed by atoms with Gasteiger partial charge in [0.2, 0.25) is 0 Å². The molecule has 0 aliphatic rings. The van der Waals surface area contributed by atoms with Gasteiger partial charge in [0, 0.05) is 27.9 Å². The van der Waals surface area contributed by atoms with E-state index in [0.29, 0.717) is 5.02 Å². The number of halogens is 2. The van der Waals surface area contributed by atoms with Crippen LogP contribution < -0.4 is 5.73 Å². The highest BCUT2D eigenvalue weighted by Crippen LogP contribution is 2.27. The van der Waals surface area contributed by atoms with Gasteiger partial charge < -0.3 is 5.73 Å². The molecular weight excluding hydrogens is 300 g/mol. The van der Waals surface area contributed by atoms with Gasteiger partial charge in [-0.3, -0.25) is 4.98 Å². The van der Waals surface area contributed by atoms with Gasteiger partial charge in [0.25, 0.3) is 0 Å². The lowest BCUT2D eigenvalue weighted by Crippen LogP contribution is -2.14. The van der Waals surface area contributed by atoms with Crippen LogP contribution in [0.2, 0.25) is 5.02 Å². The highest BCUT2D eigenvalue weighted by Gasteiger charge is 2.11. The minimum atomic E-state index is -0.0783. The number of pyridine rings is 1. The van der Waals surface area contributed by atoms with Crippen molar-refractivity contribution in [2.75, 3.05) is 0 Å². The average molecular weight is 312 g/mol. The van der Waals surface area contributed by atoms with E-state index in [9.17, 15) is 0 Å². The quantitative estimate of drug-likeness (QED) is 0.938. The molecule has 0 amide bonds. The maximum absolute atomic E-state index is 6.19. The summed E-state index contributed by atoms with van der Waals surface area (Å²) in [7, 11) is 0. The number of rotatable bonds is 3. The number of benzene rings is 1. The summed E-state index contributed by atoms with van der Waals surface area (Å²) in [5, 5.41) is 0.702. The van der Waals surface area contributed by atoms with Crippen LogP contribution in [0.1, 0.15) is 17.2 Å². The van der Waals surface area contributed by atoms with Crippen molar-refractivity contribution in [1.29, 1.82) is 0 Å². The van der Waals surface area contributed by atoms with E-state index in [2.05, 4.69) is 20.9 Å². The maximum Gasteiger partial charge on any atom is 0.0410 e. The molecule has 2 aromatic rings. The summed E-state index contributed by atoms with van der Waals surface area (Å²) in [6, 6.07) is 9.53. The van der Waals surface area contributed by atoms with Gasteiger partial charge in [0.1, 0.15) is 0 Å². The number of aromatic nitrogens is 1. The summed E-state index contributed by atoms with van der Waals surface area (Å²) >= 11 is 9.47. The molecule has 2 N–H and O–H groups in total. The van der Waals surface area contributed by atoms with Gasteiger partial charge >= 0.3 is 0 Å². The van der Waals surface area contributed by atoms with Crippen molar-refractivity contribution in [2.45, 2.75) is 12.5 Å². The minimum Gasteiger partial charge on any atom is -0.324 e. The van der Waals surface area contributed by atoms with Crippen molar-refractivity contribution < 1.29 is 0 Å². The minimum absolute atomic E-state index is 0.0783. The van der Waals surface area contributed by atoms with Crippen LogP contribution in [-0.4, -0.2) is 4.98 Å². The van der Waals surface area contributed by atoms with E-state index >= 15 is 0 Å². The van der Waals surface area contributed by atoms with Crippen LogP contribution in [0.25, 0.3) is 0 Å². The smallest absolute Gasteiger partial charge is 0.0410 e. The topological polar surface area (TPSA) is 38.9 Å². The summed E-state index contributed by atoms with van der Waals surface area (Å²) in [6.07, 6.45) is 4.31. The van der Waals surface area contributed by atoms with Gasteiger partial charge in [-0.25, -0.2) is 0 Å². The zero-order valence-electron chi connectivity index (χ0n) is 9.11. The standard InChI is InChI=1S/C13H12BrClN2/c14-12-2-1-10(15)8-11(12)13(16)7-9-3-5-17-6-4-9/h1-6,8,13H,7,16H2. The van der Waals surface area contributed by atoms with Crippen LogP contribution in [0.4, 0.5) is 0 Å². The van der Waals surface area contributed by atoms with Gasteiger partial charge in [-0.1, -0.05) is 27.5 Å². The monoisotopic (exact) mass is 310 g/mol. The summed E-state index contributed by atoms with van der Waals surface area (Å²) in [4.78, 5) is 3.99. The average Bonchev–Trinajstić information content (AvgIpc) is 2.33. The molecule has 0 aliphatic heterocycles. The molecule has 2 rings (SSSR count). The van der Waals surface area contributed by atoms with Crippen molar-refractivity contribution in [1.82, 2.24) is 4.98 Å². The Morgan fingerprint density at radius 1 is 1.24 bits per heavy atom. The molecule has 17 heavy (non-hydrogen) atoms. The van der Waals surface area contributed by atoms with Gasteiger partial charge in [-0.05, 0) is 47.9 Å². The normalized spacial score (nSPS) is 12.4. The van der Waals surface area contributed by atoms with E-state index in [1.165, 1.54) is 5.56 Å². The third-order valence-corrected chi connectivity index (χ3v) is 3.52. The van der Waals surface area contributed by atoms with E-state index in [0.717, 1.165) is 16.5 Å². The first-order valence-corrected chi connectivity index (χ1v) is 6.43. The zero-order chi connectivity index (χ0) is 12.3. The lowest BCUT2D eigenvalue weighted by molar-refractivity contribution is 0.717. The van der Waals surface area contributed by atoms with Gasteiger partial charge in [-0.2, -0.15) is 0 Å². The predicted molar refractivity (Wildman–Crippen MR) is 74.0 cm³/mol. The molecule has 1 heterocycles. The summed E-state index contributed by atoms with van der Waals surface area (Å²) in [6.45, 7) is 0. The Morgan fingerprint density at radius 2 is 1.94 bits per heavy atom. The SMILES string of the molecule is NC(Cc1ccncc1)c1cc(Cl)ccc1Br. The maximum atomic E-state index is 6.19. The van der Waals surface area contributed by atoms with Crippen molar-refractivity contribution in [2.24, 2.45) is 5.73 Å². The first-order chi connectivity index (χ1) is 8.16. The number of nitrogens with zero attached hydrogens (tertiary/aromatic N) is 1. The fourth-order valence-corrected chi connectivity index (χ4v) is 2.40. The van der Waals surface area contributed by atoms with Crippen LogP contribution >= 0.6 is 27.5 Å². The lowest BCUT2D eigenvalue weighted by Gasteiger charge is -2.14. The van der Waals surface area contributed by atoms with Crippen LogP contribution in [0, 0.1) is 0 Å². The van der Waals surface area contributed by atoms with E-state index < -0.39 is 0 Å². The van der Waals surface area contributed by atoms with Gasteiger partial charge in [0.15, 0.2) is 0 Å². The first kappa shape index (κ1) is 12.6. The number of hydrogen-bond acceptors (Lipinski definition) is 2. The first-order valence-electron chi connectivity index (χ1n) is 5.26. The molecule has 0 bridgehead atoms. The molecule has 4 heteroatoms. The Bertz CT molecular complexity index is 502. The fourth-order valence-electron chi connectivity index (χ4n) is 1.68. The zero-order valence-corrected chi connectivity index (χ0v) is 11.4. The van der Waals surface area contributed by atoms with Crippen molar-refractivity contribution in [3.63, 3.8) is 0 Å². The van der Waals surface area contributed by atoms with Crippen molar-refractivity contribution >= 4 is 27.5 Å². The summed E-state index contributed by atoms with van der Waals surface area (Å²) in [5.41, 5.74) is 8.38. The van der Waals surface area contributed by atoms with Crippen LogP contribution in [-0.2, 0) is 6.42 Å². The third kappa shape index (κ3) is 3.28. The van der Waals surface area contributed by atoms with Crippen LogP contribution in [0.15, 0.2) is 47.2 Å². The molecule has 0 fully saturated rings. The summed E-state index contributed by atoms with van der Waals surface area (Å²) < 4.78 is 0.989. The third-order valence-electron chi connectivity index (χ3n) is 2.56. The predicted octanol–water partition coefficient (Wildman–Crippen LogP) is 3.74. The van der Waals surface area contributed by atoms with E-state index in [-0.39, 0.29) is 6.04 Å². The second-order valence-corrected chi connectivity index (χ2v) is 5.12. The second-order valence-electron chi connectivity index (χ2n) is 3.83. The van der Waals surface area contributed by atoms with Crippen molar-refractivity contribution in [3.8, 4) is 0 Å². The number of hydrogen-bond donors (Lipinski definition) is 1. The van der Waals surface area contributed by atoms with Gasteiger partial charge in [0.05, 0.1) is 0 Å². The molecule has 1 atom stereocenters. The molecule has 88 valence electrons. The largest absolute Gasteiger partial charge is 0.324 e. The molecule has 0 saturated carbocycles. The van der Waals surface area contributed by atoms with E-state index in [4.69, 9.17) is 17.3 Å². The molecular formula is C13H12BrClN2. The van der Waals surface area contributed by atoms with Crippen LogP contribution in [0.3, 0.4) is 0 Å². The van der Waals surface area contributed by atoms with Gasteiger partial charge in [-0.15, -0.1) is 0 Å². The number of nitrogens with two attached hydrogens (primary N) is 1. The Morgan fingerprint density at radius 3 is 2.65 bits per heavy atom. The second kappa shape index (κ2) is 5.63. The molecule has 0 aliphatic carbocycles. The molecule has 0 spiro atoms. The molecule has 2 nitrogen and oxygen atoms in total. The molecule has 0 radical (unpaired) electrons. The van der Waals surface area contributed by atoms with E-state index in [1.54, 1.807) is 12.4 Å². The fraction of sp³-hybridized carbons (Fsp3) is 0.154. The Balaban J connectivity index is 2.20. The highest BCUT2D eigenvalue weighted by molar-refractivity contribution is 9.10. The highest BCUT2D eigenvalue weighted by atomic mass is 79.9. The molecule has 1 aromatic carbocycles. The van der Waals surface area contributed by atoms with E-state index in [1.807, 2.05) is 30.3 Å². The lowest BCUT2D eigenvalue weighted by atomic mass is 10.0.